The number of hydrogen-bond donors (Lipinski definition) is 2. The first-order valence-corrected chi connectivity index (χ1v) is 7.16. The van der Waals surface area contributed by atoms with E-state index in [4.69, 9.17) is 0 Å². The number of carbonyl (C=O) groups is 1. The first-order valence-electron chi connectivity index (χ1n) is 7.16. The highest BCUT2D eigenvalue weighted by Gasteiger charge is 2.10. The van der Waals surface area contributed by atoms with E-state index in [1.165, 1.54) is 0 Å². The maximum Gasteiger partial charge on any atom is 0.255 e. The lowest BCUT2D eigenvalue weighted by atomic mass is 10.2. The molecule has 0 aliphatic carbocycles. The van der Waals surface area contributed by atoms with Crippen molar-refractivity contribution in [3.05, 3.63) is 42.0 Å². The normalized spacial score (nSPS) is 10.4. The van der Waals surface area contributed by atoms with E-state index in [0.29, 0.717) is 18.7 Å². The van der Waals surface area contributed by atoms with Crippen LogP contribution in [-0.4, -0.2) is 33.8 Å². The number of hydrogen-bond acceptors (Lipinski definition) is 4. The molecule has 21 heavy (non-hydrogen) atoms. The van der Waals surface area contributed by atoms with Crippen LogP contribution in [0.3, 0.4) is 0 Å². The minimum Gasteiger partial charge on any atom is -0.384 e. The van der Waals surface area contributed by atoms with Gasteiger partial charge in [0, 0.05) is 31.7 Å². The molecule has 6 heteroatoms. The molecule has 0 saturated heterocycles. The number of nitrogens with zero attached hydrogens (tertiary/aromatic N) is 3. The number of anilines is 1. The molecular weight excluding hydrogens is 266 g/mol. The maximum atomic E-state index is 12.2. The molecule has 1 amide bonds. The molecule has 112 valence electrons. The van der Waals surface area contributed by atoms with E-state index in [0.717, 1.165) is 24.2 Å². The van der Waals surface area contributed by atoms with Crippen LogP contribution in [0.2, 0.25) is 0 Å². The SMILES string of the molecule is CCCNc1ccncc1C(=O)NCCn1cc(C)cn1. The van der Waals surface area contributed by atoms with E-state index in [1.54, 1.807) is 18.6 Å². The van der Waals surface area contributed by atoms with Crippen LogP contribution in [0.25, 0.3) is 0 Å². The Morgan fingerprint density at radius 1 is 1.33 bits per heavy atom. The summed E-state index contributed by atoms with van der Waals surface area (Å²) in [6.45, 7) is 6.08. The van der Waals surface area contributed by atoms with E-state index in [9.17, 15) is 4.79 Å². The lowest BCUT2D eigenvalue weighted by molar-refractivity contribution is 0.0952. The molecule has 0 fully saturated rings. The van der Waals surface area contributed by atoms with Crippen LogP contribution in [0.4, 0.5) is 5.69 Å². The second kappa shape index (κ2) is 7.42. The average molecular weight is 287 g/mol. The van der Waals surface area contributed by atoms with Crippen LogP contribution in [0.15, 0.2) is 30.9 Å². The number of aromatic nitrogens is 3. The van der Waals surface area contributed by atoms with E-state index in [1.807, 2.05) is 23.9 Å². The summed E-state index contributed by atoms with van der Waals surface area (Å²) in [6.07, 6.45) is 8.02. The summed E-state index contributed by atoms with van der Waals surface area (Å²) in [6, 6.07) is 1.82. The summed E-state index contributed by atoms with van der Waals surface area (Å²) in [7, 11) is 0. The van der Waals surface area contributed by atoms with Crippen molar-refractivity contribution in [1.29, 1.82) is 0 Å². The standard InChI is InChI=1S/C15H21N5O/c1-3-5-17-14-4-6-16-10-13(14)15(21)18-7-8-20-11-12(2)9-19-20/h4,6,9-11H,3,5,7-8H2,1-2H3,(H,16,17)(H,18,21). The van der Waals surface area contributed by atoms with Gasteiger partial charge in [-0.25, -0.2) is 0 Å². The molecule has 2 aromatic rings. The molecule has 2 heterocycles. The molecule has 0 bridgehead atoms. The molecule has 2 rings (SSSR count). The fourth-order valence-corrected chi connectivity index (χ4v) is 1.96. The van der Waals surface area contributed by atoms with E-state index in [2.05, 4.69) is 27.6 Å². The Hall–Kier alpha value is -2.37. The van der Waals surface area contributed by atoms with Crippen molar-refractivity contribution in [1.82, 2.24) is 20.1 Å². The molecule has 0 aliphatic rings. The quantitative estimate of drug-likeness (QED) is 0.815. The van der Waals surface area contributed by atoms with Gasteiger partial charge >= 0.3 is 0 Å². The highest BCUT2D eigenvalue weighted by Crippen LogP contribution is 2.13. The van der Waals surface area contributed by atoms with Crippen LogP contribution in [0, 0.1) is 6.92 Å². The van der Waals surface area contributed by atoms with Gasteiger partial charge in [-0.15, -0.1) is 0 Å². The van der Waals surface area contributed by atoms with Crippen molar-refractivity contribution in [2.75, 3.05) is 18.4 Å². The molecule has 2 aromatic heterocycles. The lowest BCUT2D eigenvalue weighted by Crippen LogP contribution is -2.28. The van der Waals surface area contributed by atoms with Gasteiger partial charge in [0.15, 0.2) is 0 Å². The van der Waals surface area contributed by atoms with Crippen LogP contribution >= 0.6 is 0 Å². The second-order valence-electron chi connectivity index (χ2n) is 4.88. The Morgan fingerprint density at radius 2 is 2.19 bits per heavy atom. The van der Waals surface area contributed by atoms with Crippen molar-refractivity contribution in [3.8, 4) is 0 Å². The van der Waals surface area contributed by atoms with Crippen LogP contribution in [0.1, 0.15) is 29.3 Å². The third-order valence-corrected chi connectivity index (χ3v) is 3.02. The molecule has 0 aromatic carbocycles. The molecule has 0 spiro atoms. The number of rotatable bonds is 7. The lowest BCUT2D eigenvalue weighted by Gasteiger charge is -2.11. The molecule has 0 radical (unpaired) electrons. The van der Waals surface area contributed by atoms with Gasteiger partial charge in [0.1, 0.15) is 0 Å². The molecule has 0 saturated carbocycles. The summed E-state index contributed by atoms with van der Waals surface area (Å²) in [4.78, 5) is 16.2. The molecule has 0 unspecified atom stereocenters. The Balaban J connectivity index is 1.90. The van der Waals surface area contributed by atoms with Crippen molar-refractivity contribution in [3.63, 3.8) is 0 Å². The van der Waals surface area contributed by atoms with Gasteiger partial charge in [-0.3, -0.25) is 14.5 Å². The maximum absolute atomic E-state index is 12.2. The monoisotopic (exact) mass is 287 g/mol. The zero-order chi connectivity index (χ0) is 15.1. The highest BCUT2D eigenvalue weighted by molar-refractivity contribution is 5.99. The predicted molar refractivity (Wildman–Crippen MR) is 82.3 cm³/mol. The van der Waals surface area contributed by atoms with Crippen molar-refractivity contribution in [2.45, 2.75) is 26.8 Å². The Bertz CT molecular complexity index is 593. The van der Waals surface area contributed by atoms with Gasteiger partial charge < -0.3 is 10.6 Å². The Morgan fingerprint density at radius 3 is 2.90 bits per heavy atom. The Kier molecular flexibility index (Phi) is 5.31. The van der Waals surface area contributed by atoms with Gasteiger partial charge in [-0.2, -0.15) is 5.10 Å². The number of carbonyl (C=O) groups excluding carboxylic acids is 1. The molecule has 0 atom stereocenters. The molecular formula is C15H21N5O. The summed E-state index contributed by atoms with van der Waals surface area (Å²) in [5, 5.41) is 10.3. The molecule has 6 nitrogen and oxygen atoms in total. The Labute approximate surface area is 124 Å². The minimum absolute atomic E-state index is 0.120. The van der Waals surface area contributed by atoms with Gasteiger partial charge in [-0.05, 0) is 25.0 Å². The zero-order valence-electron chi connectivity index (χ0n) is 12.5. The summed E-state index contributed by atoms with van der Waals surface area (Å²) in [5.74, 6) is -0.120. The smallest absolute Gasteiger partial charge is 0.255 e. The summed E-state index contributed by atoms with van der Waals surface area (Å²) < 4.78 is 1.81. The van der Waals surface area contributed by atoms with Crippen molar-refractivity contribution < 1.29 is 4.79 Å². The fourth-order valence-electron chi connectivity index (χ4n) is 1.96. The van der Waals surface area contributed by atoms with E-state index < -0.39 is 0 Å². The van der Waals surface area contributed by atoms with Crippen LogP contribution in [-0.2, 0) is 6.54 Å². The number of pyridine rings is 1. The van der Waals surface area contributed by atoms with Crippen LogP contribution in [0.5, 0.6) is 0 Å². The van der Waals surface area contributed by atoms with E-state index >= 15 is 0 Å². The van der Waals surface area contributed by atoms with Crippen LogP contribution < -0.4 is 10.6 Å². The zero-order valence-corrected chi connectivity index (χ0v) is 12.5. The minimum atomic E-state index is -0.120. The third-order valence-electron chi connectivity index (χ3n) is 3.02. The number of amides is 1. The topological polar surface area (TPSA) is 71.8 Å². The highest BCUT2D eigenvalue weighted by atomic mass is 16.1. The number of nitrogens with one attached hydrogen (secondary N) is 2. The predicted octanol–water partition coefficient (Wildman–Crippen LogP) is 1.84. The average Bonchev–Trinajstić information content (AvgIpc) is 2.91. The van der Waals surface area contributed by atoms with Gasteiger partial charge in [-0.1, -0.05) is 6.92 Å². The fraction of sp³-hybridized carbons (Fsp3) is 0.400. The summed E-state index contributed by atoms with van der Waals surface area (Å²) in [5.41, 5.74) is 2.50. The summed E-state index contributed by atoms with van der Waals surface area (Å²) >= 11 is 0. The third kappa shape index (κ3) is 4.30. The van der Waals surface area contributed by atoms with Gasteiger partial charge in [0.25, 0.3) is 5.91 Å². The molecule has 0 aliphatic heterocycles. The van der Waals surface area contributed by atoms with Gasteiger partial charge in [0.05, 0.1) is 24.0 Å². The van der Waals surface area contributed by atoms with Crippen molar-refractivity contribution >= 4 is 11.6 Å². The van der Waals surface area contributed by atoms with Crippen molar-refractivity contribution in [2.24, 2.45) is 0 Å². The number of aryl methyl sites for hydroxylation is 1. The van der Waals surface area contributed by atoms with E-state index in [-0.39, 0.29) is 5.91 Å². The molecule has 2 N–H and O–H groups in total. The van der Waals surface area contributed by atoms with Gasteiger partial charge in [0.2, 0.25) is 0 Å². The first-order chi connectivity index (χ1) is 10.2. The largest absolute Gasteiger partial charge is 0.384 e. The second-order valence-corrected chi connectivity index (χ2v) is 4.88. The first kappa shape index (κ1) is 15.0.